The standard InChI is InChI=1S/C12H17NO2S/c1-2-15-11-5-3-10(4-6-11)7-8-13-12(14)9-16/h3-6,16H,2,7-9H2,1H3,(H,13,14). The fourth-order valence-electron chi connectivity index (χ4n) is 1.32. The molecule has 0 aromatic heterocycles. The van der Waals surface area contributed by atoms with Crippen LogP contribution < -0.4 is 10.1 Å². The zero-order chi connectivity index (χ0) is 11.8. The van der Waals surface area contributed by atoms with E-state index in [0.717, 1.165) is 12.2 Å². The van der Waals surface area contributed by atoms with Crippen molar-refractivity contribution in [3.05, 3.63) is 29.8 Å². The Morgan fingerprint density at radius 1 is 1.38 bits per heavy atom. The number of amides is 1. The van der Waals surface area contributed by atoms with Gasteiger partial charge in [0.15, 0.2) is 0 Å². The molecule has 0 unspecified atom stereocenters. The summed E-state index contributed by atoms with van der Waals surface area (Å²) in [7, 11) is 0. The predicted octanol–water partition coefficient (Wildman–Crippen LogP) is 1.67. The number of carbonyl (C=O) groups is 1. The van der Waals surface area contributed by atoms with Crippen LogP contribution in [0.15, 0.2) is 24.3 Å². The summed E-state index contributed by atoms with van der Waals surface area (Å²) in [5, 5.41) is 2.77. The minimum Gasteiger partial charge on any atom is -0.494 e. The zero-order valence-electron chi connectivity index (χ0n) is 9.40. The highest BCUT2D eigenvalue weighted by Gasteiger charge is 1.98. The van der Waals surface area contributed by atoms with Crippen molar-refractivity contribution in [1.29, 1.82) is 0 Å². The maximum Gasteiger partial charge on any atom is 0.229 e. The lowest BCUT2D eigenvalue weighted by Gasteiger charge is -2.05. The number of hydrogen-bond donors (Lipinski definition) is 2. The molecule has 4 heteroatoms. The van der Waals surface area contributed by atoms with Gasteiger partial charge in [0.25, 0.3) is 0 Å². The SMILES string of the molecule is CCOc1ccc(CCNC(=O)CS)cc1. The molecule has 0 saturated heterocycles. The third-order valence-electron chi connectivity index (χ3n) is 2.11. The summed E-state index contributed by atoms with van der Waals surface area (Å²) in [4.78, 5) is 10.9. The largest absolute Gasteiger partial charge is 0.494 e. The molecular weight excluding hydrogens is 222 g/mol. The highest BCUT2D eigenvalue weighted by molar-refractivity contribution is 7.81. The van der Waals surface area contributed by atoms with Crippen LogP contribution in [0.25, 0.3) is 0 Å². The fraction of sp³-hybridized carbons (Fsp3) is 0.417. The molecule has 0 aliphatic rings. The fourth-order valence-corrected chi connectivity index (χ4v) is 1.43. The average molecular weight is 239 g/mol. The van der Waals surface area contributed by atoms with Gasteiger partial charge in [-0.05, 0) is 31.0 Å². The number of thiol groups is 1. The number of ether oxygens (including phenoxy) is 1. The molecule has 0 atom stereocenters. The van der Waals surface area contributed by atoms with Crippen molar-refractivity contribution >= 4 is 18.5 Å². The molecule has 0 heterocycles. The molecule has 16 heavy (non-hydrogen) atoms. The van der Waals surface area contributed by atoms with E-state index in [4.69, 9.17) is 4.74 Å². The smallest absolute Gasteiger partial charge is 0.229 e. The molecule has 0 fully saturated rings. The van der Waals surface area contributed by atoms with Gasteiger partial charge in [-0.3, -0.25) is 4.79 Å². The topological polar surface area (TPSA) is 38.3 Å². The lowest BCUT2D eigenvalue weighted by atomic mass is 10.1. The molecule has 3 nitrogen and oxygen atoms in total. The van der Waals surface area contributed by atoms with Crippen molar-refractivity contribution in [1.82, 2.24) is 5.32 Å². The van der Waals surface area contributed by atoms with Crippen LogP contribution >= 0.6 is 12.6 Å². The minimum absolute atomic E-state index is 0.0331. The second-order valence-corrected chi connectivity index (χ2v) is 3.65. The van der Waals surface area contributed by atoms with E-state index in [1.165, 1.54) is 5.56 Å². The van der Waals surface area contributed by atoms with Gasteiger partial charge >= 0.3 is 0 Å². The Labute approximate surface area is 102 Å². The summed E-state index contributed by atoms with van der Waals surface area (Å²) < 4.78 is 5.34. The number of benzene rings is 1. The monoisotopic (exact) mass is 239 g/mol. The molecule has 0 spiro atoms. The van der Waals surface area contributed by atoms with Gasteiger partial charge < -0.3 is 10.1 Å². The van der Waals surface area contributed by atoms with E-state index < -0.39 is 0 Å². The third kappa shape index (κ3) is 4.57. The summed E-state index contributed by atoms with van der Waals surface area (Å²) in [5.41, 5.74) is 1.18. The van der Waals surface area contributed by atoms with Gasteiger partial charge in [-0.25, -0.2) is 0 Å². The molecule has 1 N–H and O–H groups in total. The van der Waals surface area contributed by atoms with Crippen molar-refractivity contribution in [3.63, 3.8) is 0 Å². The van der Waals surface area contributed by atoms with Crippen LogP contribution in [0.1, 0.15) is 12.5 Å². The summed E-state index contributed by atoms with van der Waals surface area (Å²) in [6.45, 7) is 3.28. The molecule has 1 amide bonds. The highest BCUT2D eigenvalue weighted by atomic mass is 32.1. The van der Waals surface area contributed by atoms with Gasteiger partial charge in [0, 0.05) is 6.54 Å². The summed E-state index contributed by atoms with van der Waals surface area (Å²) in [6.07, 6.45) is 0.825. The molecule has 1 rings (SSSR count). The Morgan fingerprint density at radius 3 is 2.62 bits per heavy atom. The number of hydrogen-bond acceptors (Lipinski definition) is 3. The van der Waals surface area contributed by atoms with Crippen molar-refractivity contribution in [3.8, 4) is 5.75 Å². The molecule has 0 aliphatic heterocycles. The van der Waals surface area contributed by atoms with E-state index in [1.54, 1.807) is 0 Å². The van der Waals surface area contributed by atoms with Crippen LogP contribution in [0.4, 0.5) is 0 Å². The maximum absolute atomic E-state index is 10.9. The number of nitrogens with one attached hydrogen (secondary N) is 1. The highest BCUT2D eigenvalue weighted by Crippen LogP contribution is 2.12. The van der Waals surface area contributed by atoms with Crippen molar-refractivity contribution in [2.24, 2.45) is 0 Å². The van der Waals surface area contributed by atoms with Crippen LogP contribution in [-0.4, -0.2) is 24.8 Å². The molecule has 0 saturated carbocycles. The summed E-state index contributed by atoms with van der Waals surface area (Å²) in [5.74, 6) is 1.09. The van der Waals surface area contributed by atoms with E-state index in [1.807, 2.05) is 31.2 Å². The summed E-state index contributed by atoms with van der Waals surface area (Å²) in [6, 6.07) is 7.91. The Kier molecular flexibility index (Phi) is 5.78. The van der Waals surface area contributed by atoms with Crippen LogP contribution in [0, 0.1) is 0 Å². The normalized spacial score (nSPS) is 9.88. The van der Waals surface area contributed by atoms with Crippen LogP contribution in [-0.2, 0) is 11.2 Å². The maximum atomic E-state index is 10.9. The van der Waals surface area contributed by atoms with Crippen molar-refractivity contribution < 1.29 is 9.53 Å². The van der Waals surface area contributed by atoms with Gasteiger partial charge in [-0.1, -0.05) is 12.1 Å². The first kappa shape index (κ1) is 12.9. The lowest BCUT2D eigenvalue weighted by molar-refractivity contribution is -0.118. The molecule has 0 radical (unpaired) electrons. The molecule has 0 bridgehead atoms. The van der Waals surface area contributed by atoms with E-state index in [2.05, 4.69) is 17.9 Å². The molecule has 0 aliphatic carbocycles. The first-order chi connectivity index (χ1) is 7.76. The lowest BCUT2D eigenvalue weighted by Crippen LogP contribution is -2.26. The second-order valence-electron chi connectivity index (χ2n) is 3.34. The van der Waals surface area contributed by atoms with Crippen LogP contribution in [0.2, 0.25) is 0 Å². The predicted molar refractivity (Wildman–Crippen MR) is 68.2 cm³/mol. The molecule has 1 aromatic carbocycles. The third-order valence-corrected chi connectivity index (χ3v) is 2.40. The summed E-state index contributed by atoms with van der Waals surface area (Å²) >= 11 is 3.88. The first-order valence-corrected chi connectivity index (χ1v) is 5.98. The second kappa shape index (κ2) is 7.17. The molecular formula is C12H17NO2S. The van der Waals surface area contributed by atoms with E-state index >= 15 is 0 Å². The molecule has 1 aromatic rings. The average Bonchev–Trinajstić information content (AvgIpc) is 2.31. The van der Waals surface area contributed by atoms with Gasteiger partial charge in [-0.2, -0.15) is 12.6 Å². The van der Waals surface area contributed by atoms with Crippen molar-refractivity contribution in [2.75, 3.05) is 18.9 Å². The molecule has 88 valence electrons. The number of carbonyl (C=O) groups excluding carboxylic acids is 1. The van der Waals surface area contributed by atoms with E-state index in [0.29, 0.717) is 13.2 Å². The van der Waals surface area contributed by atoms with Gasteiger partial charge in [-0.15, -0.1) is 0 Å². The Hall–Kier alpha value is -1.16. The Balaban J connectivity index is 2.34. The minimum atomic E-state index is -0.0331. The quantitative estimate of drug-likeness (QED) is 0.741. The van der Waals surface area contributed by atoms with Crippen LogP contribution in [0.5, 0.6) is 5.75 Å². The van der Waals surface area contributed by atoms with Crippen LogP contribution in [0.3, 0.4) is 0 Å². The zero-order valence-corrected chi connectivity index (χ0v) is 10.3. The van der Waals surface area contributed by atoms with Gasteiger partial charge in [0.1, 0.15) is 5.75 Å². The van der Waals surface area contributed by atoms with E-state index in [-0.39, 0.29) is 11.7 Å². The van der Waals surface area contributed by atoms with Gasteiger partial charge in [0.2, 0.25) is 5.91 Å². The van der Waals surface area contributed by atoms with E-state index in [9.17, 15) is 4.79 Å². The number of rotatable bonds is 6. The first-order valence-electron chi connectivity index (χ1n) is 5.35. The van der Waals surface area contributed by atoms with Gasteiger partial charge in [0.05, 0.1) is 12.4 Å². The van der Waals surface area contributed by atoms with Crippen molar-refractivity contribution in [2.45, 2.75) is 13.3 Å². The Bertz CT molecular complexity index is 324. The Morgan fingerprint density at radius 2 is 2.06 bits per heavy atom.